The van der Waals surface area contributed by atoms with Crippen molar-refractivity contribution >= 4 is 11.8 Å². The van der Waals surface area contributed by atoms with Crippen molar-refractivity contribution in [1.82, 2.24) is 5.32 Å². The van der Waals surface area contributed by atoms with Crippen LogP contribution in [0.4, 0.5) is 13.2 Å². The van der Waals surface area contributed by atoms with E-state index < -0.39 is 17.5 Å². The number of rotatable bonds is 5. The zero-order valence-corrected chi connectivity index (χ0v) is 12.6. The van der Waals surface area contributed by atoms with E-state index in [1.165, 1.54) is 6.07 Å². The summed E-state index contributed by atoms with van der Waals surface area (Å²) in [4.78, 5) is 0.390. The van der Waals surface area contributed by atoms with E-state index in [4.69, 9.17) is 0 Å². The molecule has 0 unspecified atom stereocenters. The van der Waals surface area contributed by atoms with Crippen LogP contribution >= 0.6 is 11.8 Å². The maximum Gasteiger partial charge on any atom is 0.137 e. The summed E-state index contributed by atoms with van der Waals surface area (Å²) in [5.41, 5.74) is 0.720. The van der Waals surface area contributed by atoms with E-state index in [0.29, 0.717) is 11.4 Å². The van der Waals surface area contributed by atoms with Gasteiger partial charge < -0.3 is 5.32 Å². The average molecular weight is 311 g/mol. The lowest BCUT2D eigenvalue weighted by molar-refractivity contribution is 0.562. The monoisotopic (exact) mass is 311 g/mol. The van der Waals surface area contributed by atoms with Crippen LogP contribution in [0.5, 0.6) is 0 Å². The molecule has 0 radical (unpaired) electrons. The molecule has 2 aromatic carbocycles. The molecule has 112 valence electrons. The average Bonchev–Trinajstić information content (AvgIpc) is 2.43. The third-order valence-electron chi connectivity index (χ3n) is 2.85. The highest BCUT2D eigenvalue weighted by Gasteiger charge is 2.13. The molecule has 0 bridgehead atoms. The summed E-state index contributed by atoms with van der Waals surface area (Å²) in [6.45, 7) is 4.44. The second-order valence-corrected chi connectivity index (χ2v) is 5.99. The zero-order chi connectivity index (χ0) is 15.4. The molecule has 0 amide bonds. The molecule has 2 aromatic rings. The molecule has 5 heteroatoms. The largest absolute Gasteiger partial charge is 0.310 e. The van der Waals surface area contributed by atoms with E-state index in [2.05, 4.69) is 5.32 Å². The Kier molecular flexibility index (Phi) is 5.31. The van der Waals surface area contributed by atoms with Crippen molar-refractivity contribution in [2.75, 3.05) is 0 Å². The predicted molar refractivity (Wildman–Crippen MR) is 78.9 cm³/mol. The highest BCUT2D eigenvalue weighted by molar-refractivity contribution is 7.99. The van der Waals surface area contributed by atoms with Crippen LogP contribution in [0.3, 0.4) is 0 Å². The molecule has 2 rings (SSSR count). The third kappa shape index (κ3) is 4.25. The van der Waals surface area contributed by atoms with Crippen molar-refractivity contribution in [3.8, 4) is 0 Å². The molecule has 1 N–H and O–H groups in total. The van der Waals surface area contributed by atoms with Crippen LogP contribution in [0.2, 0.25) is 0 Å². The van der Waals surface area contributed by atoms with Crippen molar-refractivity contribution in [3.63, 3.8) is 0 Å². The van der Waals surface area contributed by atoms with Gasteiger partial charge in [-0.1, -0.05) is 37.7 Å². The van der Waals surface area contributed by atoms with E-state index in [-0.39, 0.29) is 10.9 Å². The molecular formula is C16H16F3NS. The van der Waals surface area contributed by atoms with Gasteiger partial charge in [-0.15, -0.1) is 0 Å². The SMILES string of the molecule is CC(C)NCc1cccc(F)c1Sc1cc(F)ccc1F. The number of hydrogen-bond donors (Lipinski definition) is 1. The fourth-order valence-electron chi connectivity index (χ4n) is 1.79. The second kappa shape index (κ2) is 7.00. The van der Waals surface area contributed by atoms with Crippen LogP contribution in [-0.2, 0) is 6.54 Å². The molecule has 0 saturated carbocycles. The molecule has 0 atom stereocenters. The topological polar surface area (TPSA) is 12.0 Å². The van der Waals surface area contributed by atoms with Crippen LogP contribution in [-0.4, -0.2) is 6.04 Å². The number of halogens is 3. The van der Waals surface area contributed by atoms with Crippen molar-refractivity contribution in [3.05, 3.63) is 59.4 Å². The summed E-state index contributed by atoms with van der Waals surface area (Å²) in [7, 11) is 0. The van der Waals surface area contributed by atoms with Crippen molar-refractivity contribution in [2.45, 2.75) is 36.2 Å². The molecule has 0 aromatic heterocycles. The Morgan fingerprint density at radius 3 is 2.52 bits per heavy atom. The van der Waals surface area contributed by atoms with Gasteiger partial charge in [0, 0.05) is 12.6 Å². The lowest BCUT2D eigenvalue weighted by atomic mass is 10.2. The molecule has 0 aliphatic heterocycles. The van der Waals surface area contributed by atoms with Gasteiger partial charge in [0.25, 0.3) is 0 Å². The molecule has 0 heterocycles. The first-order valence-corrected chi connectivity index (χ1v) is 7.42. The van der Waals surface area contributed by atoms with Gasteiger partial charge in [-0.05, 0) is 29.8 Å². The summed E-state index contributed by atoms with van der Waals surface area (Å²) in [6.07, 6.45) is 0. The highest BCUT2D eigenvalue weighted by atomic mass is 32.2. The Bertz CT molecular complexity index is 629. The van der Waals surface area contributed by atoms with Gasteiger partial charge in [0.05, 0.1) is 9.79 Å². The van der Waals surface area contributed by atoms with Gasteiger partial charge in [0.1, 0.15) is 17.5 Å². The number of benzene rings is 2. The first kappa shape index (κ1) is 15.9. The molecule has 0 aliphatic carbocycles. The fourth-order valence-corrected chi connectivity index (χ4v) is 2.78. The van der Waals surface area contributed by atoms with Crippen LogP contribution in [0.1, 0.15) is 19.4 Å². The Labute approximate surface area is 126 Å². The van der Waals surface area contributed by atoms with Crippen LogP contribution in [0.15, 0.2) is 46.2 Å². The summed E-state index contributed by atoms with van der Waals surface area (Å²) >= 11 is 0.903. The minimum atomic E-state index is -0.563. The third-order valence-corrected chi connectivity index (χ3v) is 4.05. The van der Waals surface area contributed by atoms with Crippen LogP contribution in [0, 0.1) is 17.5 Å². The Morgan fingerprint density at radius 2 is 1.81 bits per heavy atom. The summed E-state index contributed by atoms with van der Waals surface area (Å²) in [5.74, 6) is -1.55. The summed E-state index contributed by atoms with van der Waals surface area (Å²) in [5, 5.41) is 3.19. The fraction of sp³-hybridized carbons (Fsp3) is 0.250. The van der Waals surface area contributed by atoms with Crippen molar-refractivity contribution in [2.24, 2.45) is 0 Å². The van der Waals surface area contributed by atoms with Crippen LogP contribution in [0.25, 0.3) is 0 Å². The van der Waals surface area contributed by atoms with E-state index in [9.17, 15) is 13.2 Å². The standard InChI is InChI=1S/C16H16F3NS/c1-10(2)20-9-11-4-3-5-14(19)16(11)21-15-8-12(17)6-7-13(15)18/h3-8,10,20H,9H2,1-2H3. The normalized spacial score (nSPS) is 11.1. The molecule has 0 spiro atoms. The van der Waals surface area contributed by atoms with Gasteiger partial charge in [0.2, 0.25) is 0 Å². The van der Waals surface area contributed by atoms with Gasteiger partial charge in [0.15, 0.2) is 0 Å². The molecule has 1 nitrogen and oxygen atoms in total. The Balaban J connectivity index is 2.32. The van der Waals surface area contributed by atoms with Gasteiger partial charge in [-0.2, -0.15) is 0 Å². The molecule has 0 saturated heterocycles. The van der Waals surface area contributed by atoms with Crippen molar-refractivity contribution < 1.29 is 13.2 Å². The first-order chi connectivity index (χ1) is 9.97. The maximum atomic E-state index is 14.0. The molecular weight excluding hydrogens is 295 g/mol. The number of nitrogens with one attached hydrogen (secondary N) is 1. The van der Waals surface area contributed by atoms with Gasteiger partial charge in [-0.3, -0.25) is 0 Å². The molecule has 0 aliphatic rings. The second-order valence-electron chi connectivity index (χ2n) is 4.94. The van der Waals surface area contributed by atoms with Crippen LogP contribution < -0.4 is 5.32 Å². The predicted octanol–water partition coefficient (Wildman–Crippen LogP) is 4.75. The van der Waals surface area contributed by atoms with E-state index in [1.807, 2.05) is 13.8 Å². The summed E-state index contributed by atoms with van der Waals surface area (Å²) < 4.78 is 41.0. The van der Waals surface area contributed by atoms with Gasteiger partial charge >= 0.3 is 0 Å². The Hall–Kier alpha value is -1.46. The molecule has 21 heavy (non-hydrogen) atoms. The Morgan fingerprint density at radius 1 is 1.05 bits per heavy atom. The van der Waals surface area contributed by atoms with Gasteiger partial charge in [-0.25, -0.2) is 13.2 Å². The lowest BCUT2D eigenvalue weighted by Crippen LogP contribution is -2.22. The summed E-state index contributed by atoms with van der Waals surface area (Å²) in [6, 6.07) is 8.12. The van der Waals surface area contributed by atoms with Crippen molar-refractivity contribution in [1.29, 1.82) is 0 Å². The number of hydrogen-bond acceptors (Lipinski definition) is 2. The smallest absolute Gasteiger partial charge is 0.137 e. The zero-order valence-electron chi connectivity index (χ0n) is 11.8. The van der Waals surface area contributed by atoms with E-state index >= 15 is 0 Å². The maximum absolute atomic E-state index is 14.0. The van der Waals surface area contributed by atoms with E-state index in [1.54, 1.807) is 12.1 Å². The highest BCUT2D eigenvalue weighted by Crippen LogP contribution is 2.34. The minimum absolute atomic E-state index is 0.0749. The quantitative estimate of drug-likeness (QED) is 0.855. The first-order valence-electron chi connectivity index (χ1n) is 6.61. The minimum Gasteiger partial charge on any atom is -0.310 e. The molecule has 0 fully saturated rings. The van der Waals surface area contributed by atoms with E-state index in [0.717, 1.165) is 35.5 Å². The lowest BCUT2D eigenvalue weighted by Gasteiger charge is -2.13.